The van der Waals surface area contributed by atoms with Crippen LogP contribution in [0.1, 0.15) is 22.0 Å². The van der Waals surface area contributed by atoms with Crippen molar-refractivity contribution >= 4 is 34.5 Å². The first-order valence-electron chi connectivity index (χ1n) is 11.4. The zero-order valence-corrected chi connectivity index (χ0v) is 21.0. The second kappa shape index (κ2) is 9.58. The molecule has 9 heteroatoms. The molecule has 0 spiro atoms. The third-order valence-electron chi connectivity index (χ3n) is 6.48. The Kier molecular flexibility index (Phi) is 6.32. The van der Waals surface area contributed by atoms with Crippen LogP contribution in [0.4, 0.5) is 5.69 Å². The Bertz CT molecular complexity index is 1350. The van der Waals surface area contributed by atoms with Crippen LogP contribution in [0.3, 0.4) is 0 Å². The molecule has 0 bridgehead atoms. The van der Waals surface area contributed by atoms with Crippen LogP contribution in [0, 0.1) is 0 Å². The highest BCUT2D eigenvalue weighted by Gasteiger charge is 2.46. The van der Waals surface area contributed by atoms with Gasteiger partial charge in [-0.1, -0.05) is 12.1 Å². The van der Waals surface area contributed by atoms with Crippen molar-refractivity contribution in [3.63, 3.8) is 0 Å². The highest BCUT2D eigenvalue weighted by Crippen LogP contribution is 2.43. The van der Waals surface area contributed by atoms with Gasteiger partial charge in [0.2, 0.25) is 0 Å². The van der Waals surface area contributed by atoms with Gasteiger partial charge in [-0.15, -0.1) is 11.3 Å². The highest BCUT2D eigenvalue weighted by atomic mass is 32.1. The number of aliphatic hydroxyl groups is 1. The SMILES string of the molecule is COc1ccc(CN2C(=O)C(=O)/C(=C(\O)c3ccc4c(c3)N(C)CCO4)C2c2cccs2)cc1OC. The first kappa shape index (κ1) is 23.7. The van der Waals surface area contributed by atoms with Gasteiger partial charge in [-0.05, 0) is 47.3 Å². The van der Waals surface area contributed by atoms with Gasteiger partial charge in [-0.2, -0.15) is 0 Å². The minimum absolute atomic E-state index is 0.0715. The van der Waals surface area contributed by atoms with E-state index in [2.05, 4.69) is 0 Å². The van der Waals surface area contributed by atoms with E-state index in [4.69, 9.17) is 14.2 Å². The number of hydrogen-bond donors (Lipinski definition) is 1. The molecule has 1 atom stereocenters. The minimum atomic E-state index is -0.719. The number of rotatable bonds is 6. The Morgan fingerprint density at radius 2 is 1.92 bits per heavy atom. The van der Waals surface area contributed by atoms with Gasteiger partial charge in [-0.25, -0.2) is 0 Å². The molecule has 0 saturated carbocycles. The standard InChI is InChI=1S/C27H26N2O6S/c1-28-10-11-35-19-9-7-17(14-18(19)28)25(30)23-24(22-5-4-12-36-22)29(27(32)26(23)31)15-16-6-8-20(33-2)21(13-16)34-3/h4-9,12-14,24,30H,10-11,15H2,1-3H3/b25-23-. The summed E-state index contributed by atoms with van der Waals surface area (Å²) in [6.45, 7) is 1.45. The van der Waals surface area contributed by atoms with Gasteiger partial charge in [0, 0.05) is 24.0 Å². The molecule has 2 aromatic carbocycles. The van der Waals surface area contributed by atoms with Gasteiger partial charge in [-0.3, -0.25) is 9.59 Å². The summed E-state index contributed by atoms with van der Waals surface area (Å²) in [5.41, 5.74) is 2.11. The largest absolute Gasteiger partial charge is 0.507 e. The van der Waals surface area contributed by atoms with Gasteiger partial charge < -0.3 is 29.1 Å². The van der Waals surface area contributed by atoms with Crippen LogP contribution in [-0.4, -0.2) is 56.1 Å². The molecular weight excluding hydrogens is 480 g/mol. The smallest absolute Gasteiger partial charge is 0.295 e. The number of hydrogen-bond acceptors (Lipinski definition) is 8. The average Bonchev–Trinajstić information content (AvgIpc) is 3.51. The van der Waals surface area contributed by atoms with Crippen LogP contribution in [0.5, 0.6) is 17.2 Å². The summed E-state index contributed by atoms with van der Waals surface area (Å²) in [4.78, 5) is 30.9. The molecule has 1 saturated heterocycles. The van der Waals surface area contributed by atoms with Gasteiger partial charge in [0.05, 0.1) is 38.1 Å². The molecule has 1 fully saturated rings. The lowest BCUT2D eigenvalue weighted by molar-refractivity contribution is -0.140. The number of likely N-dealkylation sites (N-methyl/N-ethyl adjacent to an activating group) is 1. The number of benzene rings is 2. The number of ketones is 1. The van der Waals surface area contributed by atoms with Crippen LogP contribution in [0.25, 0.3) is 5.76 Å². The number of likely N-dealkylation sites (tertiary alicyclic amines) is 1. The third kappa shape index (κ3) is 4.05. The normalized spacial score (nSPS) is 18.7. The lowest BCUT2D eigenvalue weighted by Gasteiger charge is -2.28. The first-order chi connectivity index (χ1) is 17.4. The lowest BCUT2D eigenvalue weighted by Crippen LogP contribution is -2.29. The maximum absolute atomic E-state index is 13.3. The molecule has 1 unspecified atom stereocenters. The Balaban J connectivity index is 1.58. The molecule has 1 N–H and O–H groups in total. The second-order valence-electron chi connectivity index (χ2n) is 8.58. The minimum Gasteiger partial charge on any atom is -0.507 e. The molecular formula is C27H26N2O6S. The molecule has 36 heavy (non-hydrogen) atoms. The summed E-state index contributed by atoms with van der Waals surface area (Å²) in [6.07, 6.45) is 0. The number of carbonyl (C=O) groups excluding carboxylic acids is 2. The van der Waals surface area contributed by atoms with Crippen LogP contribution in [-0.2, 0) is 16.1 Å². The van der Waals surface area contributed by atoms with Gasteiger partial charge in [0.15, 0.2) is 11.5 Å². The van der Waals surface area contributed by atoms with E-state index in [1.807, 2.05) is 35.5 Å². The average molecular weight is 507 g/mol. The van der Waals surface area contributed by atoms with Gasteiger partial charge in [0.25, 0.3) is 11.7 Å². The predicted molar refractivity (Wildman–Crippen MR) is 137 cm³/mol. The molecule has 5 rings (SSSR count). The van der Waals surface area contributed by atoms with Crippen LogP contribution >= 0.6 is 11.3 Å². The van der Waals surface area contributed by atoms with Gasteiger partial charge >= 0.3 is 0 Å². The summed E-state index contributed by atoms with van der Waals surface area (Å²) in [6, 6.07) is 13.7. The topological polar surface area (TPSA) is 88.5 Å². The lowest BCUT2D eigenvalue weighted by atomic mass is 9.99. The quantitative estimate of drug-likeness (QED) is 0.304. The number of anilines is 1. The number of thiophene rings is 1. The van der Waals surface area contributed by atoms with Crippen molar-refractivity contribution in [3.05, 3.63) is 75.5 Å². The number of Topliss-reactive ketones (excluding diaryl/α,β-unsaturated/α-hetero) is 1. The molecule has 8 nitrogen and oxygen atoms in total. The Morgan fingerprint density at radius 3 is 2.64 bits per heavy atom. The number of nitrogens with zero attached hydrogens (tertiary/aromatic N) is 2. The summed E-state index contributed by atoms with van der Waals surface area (Å²) < 4.78 is 16.4. The molecule has 1 aromatic heterocycles. The van der Waals surface area contributed by atoms with Crippen molar-refractivity contribution in [3.8, 4) is 17.2 Å². The van der Waals surface area contributed by atoms with E-state index in [9.17, 15) is 14.7 Å². The number of amides is 1. The van der Waals surface area contributed by atoms with Crippen LogP contribution in [0.2, 0.25) is 0 Å². The van der Waals surface area contributed by atoms with Gasteiger partial charge in [0.1, 0.15) is 18.1 Å². The molecule has 0 radical (unpaired) electrons. The zero-order valence-electron chi connectivity index (χ0n) is 20.2. The highest BCUT2D eigenvalue weighted by molar-refractivity contribution is 7.10. The number of fused-ring (bicyclic) bond motifs is 1. The zero-order chi connectivity index (χ0) is 25.4. The van der Waals surface area contributed by atoms with Crippen LogP contribution < -0.4 is 19.1 Å². The maximum Gasteiger partial charge on any atom is 0.295 e. The van der Waals surface area contributed by atoms with Crippen molar-refractivity contribution in [2.24, 2.45) is 0 Å². The van der Waals surface area contributed by atoms with E-state index in [0.717, 1.165) is 16.1 Å². The molecule has 3 heterocycles. The van der Waals surface area contributed by atoms with Crippen molar-refractivity contribution < 1.29 is 28.9 Å². The molecule has 186 valence electrons. The number of aliphatic hydroxyl groups excluding tert-OH is 1. The molecule has 0 aliphatic carbocycles. The third-order valence-corrected chi connectivity index (χ3v) is 7.41. The fourth-order valence-electron chi connectivity index (χ4n) is 4.61. The Hall–Kier alpha value is -3.98. The van der Waals surface area contributed by atoms with Crippen molar-refractivity contribution in [2.75, 3.05) is 39.3 Å². The summed E-state index contributed by atoms with van der Waals surface area (Å²) in [7, 11) is 5.04. The van der Waals surface area contributed by atoms with E-state index in [-0.39, 0.29) is 17.9 Å². The van der Waals surface area contributed by atoms with E-state index in [1.54, 1.807) is 44.6 Å². The number of methoxy groups -OCH3 is 2. The van der Waals surface area contributed by atoms with E-state index >= 15 is 0 Å². The van der Waals surface area contributed by atoms with E-state index in [0.29, 0.717) is 36.0 Å². The summed E-state index contributed by atoms with van der Waals surface area (Å²) >= 11 is 1.43. The fraction of sp³-hybridized carbons (Fsp3) is 0.259. The van der Waals surface area contributed by atoms with E-state index in [1.165, 1.54) is 16.2 Å². The van der Waals surface area contributed by atoms with Crippen molar-refractivity contribution in [2.45, 2.75) is 12.6 Å². The van der Waals surface area contributed by atoms with E-state index < -0.39 is 17.7 Å². The Morgan fingerprint density at radius 1 is 1.11 bits per heavy atom. The first-order valence-corrected chi connectivity index (χ1v) is 12.3. The maximum atomic E-state index is 13.3. The number of ether oxygens (including phenoxy) is 3. The fourth-order valence-corrected chi connectivity index (χ4v) is 5.46. The Labute approximate surface area is 212 Å². The molecule has 2 aliphatic heterocycles. The summed E-state index contributed by atoms with van der Waals surface area (Å²) in [5, 5.41) is 13.3. The summed E-state index contributed by atoms with van der Waals surface area (Å²) in [5.74, 6) is 0.225. The second-order valence-corrected chi connectivity index (χ2v) is 9.56. The number of carbonyl (C=O) groups is 2. The molecule has 1 amide bonds. The van der Waals surface area contributed by atoms with Crippen LogP contribution in [0.15, 0.2) is 59.5 Å². The van der Waals surface area contributed by atoms with Crippen molar-refractivity contribution in [1.82, 2.24) is 4.90 Å². The molecule has 3 aromatic rings. The monoisotopic (exact) mass is 506 g/mol. The molecule has 2 aliphatic rings. The predicted octanol–water partition coefficient (Wildman–Crippen LogP) is 4.22. The van der Waals surface area contributed by atoms with Crippen molar-refractivity contribution in [1.29, 1.82) is 0 Å².